The molecular weight excluding hydrogens is 516 g/mol. The highest BCUT2D eigenvalue weighted by Gasteiger charge is 2.20. The van der Waals surface area contributed by atoms with Gasteiger partial charge in [-0.15, -0.1) is 10.2 Å². The Morgan fingerprint density at radius 1 is 1.20 bits per heavy atom. The summed E-state index contributed by atoms with van der Waals surface area (Å²) in [5, 5.41) is 19.2. The molecule has 13 heteroatoms. The van der Waals surface area contributed by atoms with Crippen LogP contribution in [-0.4, -0.2) is 43.4 Å². The first-order valence-electron chi connectivity index (χ1n) is 9.82. The smallest absolute Gasteiger partial charge is 0.345 e. The van der Waals surface area contributed by atoms with Gasteiger partial charge in [-0.1, -0.05) is 48.1 Å². The first-order chi connectivity index (χ1) is 16.7. The van der Waals surface area contributed by atoms with Gasteiger partial charge in [0, 0.05) is 0 Å². The van der Waals surface area contributed by atoms with Crippen molar-refractivity contribution < 1.29 is 27.5 Å². The number of esters is 1. The highest BCUT2D eigenvalue weighted by atomic mass is 35.5. The Labute approximate surface area is 209 Å². The maximum Gasteiger partial charge on any atom is 0.345 e. The summed E-state index contributed by atoms with van der Waals surface area (Å²) < 4.78 is 34.2. The lowest BCUT2D eigenvalue weighted by atomic mass is 10.1. The van der Waals surface area contributed by atoms with E-state index in [0.29, 0.717) is 16.9 Å². The van der Waals surface area contributed by atoms with Gasteiger partial charge in [-0.2, -0.15) is 5.26 Å². The predicted octanol–water partition coefficient (Wildman–Crippen LogP) is 3.76. The van der Waals surface area contributed by atoms with Gasteiger partial charge in [-0.05, 0) is 35.9 Å². The number of methoxy groups -OCH3 is 1. The number of nitrogens with one attached hydrogen (secondary N) is 1. The van der Waals surface area contributed by atoms with Gasteiger partial charge >= 0.3 is 5.97 Å². The Hall–Kier alpha value is -3.79. The molecule has 0 aliphatic heterocycles. The van der Waals surface area contributed by atoms with Gasteiger partial charge in [0.2, 0.25) is 19.3 Å². The quantitative estimate of drug-likeness (QED) is 0.150. The van der Waals surface area contributed by atoms with Crippen LogP contribution in [0.3, 0.4) is 0 Å². The summed E-state index contributed by atoms with van der Waals surface area (Å²) in [5.41, 5.74) is 0.288. The lowest BCUT2D eigenvalue weighted by Gasteiger charge is -2.11. The molecule has 35 heavy (non-hydrogen) atoms. The largest absolute Gasteiger partial charge is 0.493 e. The molecule has 0 unspecified atom stereocenters. The maximum absolute atomic E-state index is 12.5. The van der Waals surface area contributed by atoms with Gasteiger partial charge in [-0.3, -0.25) is 10.1 Å². The number of halogens is 1. The average Bonchev–Trinajstić information content (AvgIpc) is 3.32. The molecule has 0 atom stereocenters. The fourth-order valence-corrected chi connectivity index (χ4v) is 4.82. The topological polar surface area (TPSA) is 148 Å². The van der Waals surface area contributed by atoms with E-state index in [1.807, 2.05) is 0 Å². The summed E-state index contributed by atoms with van der Waals surface area (Å²) >= 11 is 6.71. The van der Waals surface area contributed by atoms with Crippen LogP contribution in [-0.2, 0) is 14.6 Å². The molecule has 1 heterocycles. The molecule has 0 radical (unpaired) electrons. The molecule has 1 N–H and O–H groups in total. The number of amides is 1. The summed E-state index contributed by atoms with van der Waals surface area (Å²) in [7, 11) is -2.21. The van der Waals surface area contributed by atoms with Crippen LogP contribution >= 0.6 is 22.9 Å². The van der Waals surface area contributed by atoms with Crippen molar-refractivity contribution in [1.29, 1.82) is 5.26 Å². The van der Waals surface area contributed by atoms with Crippen molar-refractivity contribution in [3.63, 3.8) is 0 Å². The molecular formula is C22H17ClN4O6S2. The molecule has 0 bridgehead atoms. The van der Waals surface area contributed by atoms with Crippen molar-refractivity contribution in [2.45, 2.75) is 11.3 Å². The fourth-order valence-electron chi connectivity index (χ4n) is 2.63. The van der Waals surface area contributed by atoms with Crippen LogP contribution < -0.4 is 14.8 Å². The number of hydrogen-bond donors (Lipinski definition) is 1. The van der Waals surface area contributed by atoms with E-state index < -0.39 is 21.7 Å². The minimum absolute atomic E-state index is 0.0670. The predicted molar refractivity (Wildman–Crippen MR) is 129 cm³/mol. The average molecular weight is 533 g/mol. The van der Waals surface area contributed by atoms with E-state index in [4.69, 9.17) is 21.1 Å². The minimum atomic E-state index is -3.57. The number of benzene rings is 2. The number of rotatable bonds is 8. The third-order valence-corrected chi connectivity index (χ3v) is 7.78. The number of nitriles is 1. The second-order valence-electron chi connectivity index (χ2n) is 6.68. The van der Waals surface area contributed by atoms with Gasteiger partial charge < -0.3 is 9.47 Å². The van der Waals surface area contributed by atoms with Crippen molar-refractivity contribution in [2.24, 2.45) is 0 Å². The van der Waals surface area contributed by atoms with Crippen LogP contribution in [0.4, 0.5) is 5.13 Å². The zero-order valence-electron chi connectivity index (χ0n) is 18.3. The van der Waals surface area contributed by atoms with Gasteiger partial charge in [0.15, 0.2) is 11.5 Å². The summed E-state index contributed by atoms with van der Waals surface area (Å²) in [6.07, 6.45) is 1.28. The molecule has 2 aromatic carbocycles. The maximum atomic E-state index is 12.5. The molecule has 1 aromatic heterocycles. The number of carbonyl (C=O) groups excluding carboxylic acids is 2. The number of sulfone groups is 1. The summed E-state index contributed by atoms with van der Waals surface area (Å²) in [4.78, 5) is 24.9. The Bertz CT molecular complexity index is 1460. The molecule has 0 spiro atoms. The highest BCUT2D eigenvalue weighted by molar-refractivity contribution is 7.93. The van der Waals surface area contributed by atoms with Crippen molar-refractivity contribution in [3.8, 4) is 17.6 Å². The Morgan fingerprint density at radius 3 is 2.60 bits per heavy atom. The first-order valence-corrected chi connectivity index (χ1v) is 12.7. The molecule has 3 rings (SSSR count). The van der Waals surface area contributed by atoms with Crippen molar-refractivity contribution in [1.82, 2.24) is 10.2 Å². The molecule has 3 aromatic rings. The first kappa shape index (κ1) is 25.8. The van der Waals surface area contributed by atoms with Gasteiger partial charge in [0.25, 0.3) is 5.91 Å². The van der Waals surface area contributed by atoms with Gasteiger partial charge in [-0.25, -0.2) is 13.2 Å². The summed E-state index contributed by atoms with van der Waals surface area (Å²) in [6.45, 7) is 1.46. The van der Waals surface area contributed by atoms with Crippen LogP contribution in [0, 0.1) is 11.3 Å². The van der Waals surface area contributed by atoms with Crippen LogP contribution in [0.15, 0.2) is 52.4 Å². The summed E-state index contributed by atoms with van der Waals surface area (Å²) in [5.74, 6) is -1.37. The molecule has 0 saturated carbocycles. The van der Waals surface area contributed by atoms with E-state index in [9.17, 15) is 23.3 Å². The number of anilines is 1. The number of nitrogens with zero attached hydrogens (tertiary/aromatic N) is 3. The second kappa shape index (κ2) is 11.1. The third kappa shape index (κ3) is 6.21. The van der Waals surface area contributed by atoms with E-state index >= 15 is 0 Å². The van der Waals surface area contributed by atoms with Crippen LogP contribution in [0.5, 0.6) is 11.5 Å². The zero-order chi connectivity index (χ0) is 25.6. The van der Waals surface area contributed by atoms with Crippen molar-refractivity contribution in [3.05, 3.63) is 64.2 Å². The second-order valence-corrected chi connectivity index (χ2v) is 10.5. The van der Waals surface area contributed by atoms with E-state index in [-0.39, 0.29) is 42.9 Å². The van der Waals surface area contributed by atoms with Crippen LogP contribution in [0.1, 0.15) is 22.8 Å². The Balaban J connectivity index is 1.79. The minimum Gasteiger partial charge on any atom is -0.493 e. The summed E-state index contributed by atoms with van der Waals surface area (Å²) in [6, 6.07) is 12.6. The SMILES string of the molecule is CCS(=O)(=O)c1nnc(NC(=O)C(C#N)=Cc2ccc(OC(=O)c3ccccc3Cl)c(OC)c2)s1. The Morgan fingerprint density at radius 2 is 1.94 bits per heavy atom. The van der Waals surface area contributed by atoms with Gasteiger partial charge in [0.05, 0.1) is 23.4 Å². The molecule has 10 nitrogen and oxygen atoms in total. The number of hydrogen-bond acceptors (Lipinski definition) is 10. The number of aromatic nitrogens is 2. The molecule has 180 valence electrons. The van der Waals surface area contributed by atoms with E-state index in [1.165, 1.54) is 44.4 Å². The molecule has 0 aliphatic rings. The normalized spacial score (nSPS) is 11.4. The molecule has 0 aliphatic carbocycles. The molecule has 0 saturated heterocycles. The van der Waals surface area contributed by atoms with Crippen molar-refractivity contribution >= 4 is 55.9 Å². The van der Waals surface area contributed by atoms with E-state index in [1.54, 1.807) is 24.3 Å². The van der Waals surface area contributed by atoms with Crippen LogP contribution in [0.2, 0.25) is 5.02 Å². The van der Waals surface area contributed by atoms with E-state index in [2.05, 4.69) is 15.5 Å². The van der Waals surface area contributed by atoms with Gasteiger partial charge in [0.1, 0.15) is 11.6 Å². The lowest BCUT2D eigenvalue weighted by molar-refractivity contribution is -0.112. The lowest BCUT2D eigenvalue weighted by Crippen LogP contribution is -2.13. The molecule has 1 amide bonds. The van der Waals surface area contributed by atoms with E-state index in [0.717, 1.165) is 0 Å². The highest BCUT2D eigenvalue weighted by Crippen LogP contribution is 2.30. The standard InChI is InChI=1S/C22H17ClN4O6S2/c1-3-35(30,31)22-27-26-21(34-22)25-19(28)14(12-24)10-13-8-9-17(18(11-13)32-2)33-20(29)15-6-4-5-7-16(15)23/h4-11H,3H2,1-2H3,(H,25,26,28). The third-order valence-electron chi connectivity index (χ3n) is 4.43. The van der Waals surface area contributed by atoms with Crippen molar-refractivity contribution in [2.75, 3.05) is 18.2 Å². The number of carbonyl (C=O) groups is 2. The number of ether oxygens (including phenoxy) is 2. The Kier molecular flexibility index (Phi) is 8.18. The fraction of sp³-hybridized carbons (Fsp3) is 0.136. The monoisotopic (exact) mass is 532 g/mol. The zero-order valence-corrected chi connectivity index (χ0v) is 20.7. The van der Waals surface area contributed by atoms with Crippen LogP contribution in [0.25, 0.3) is 6.08 Å². The molecule has 0 fully saturated rings.